The maximum absolute atomic E-state index is 12.7. The first-order chi connectivity index (χ1) is 9.22. The van der Waals surface area contributed by atoms with Gasteiger partial charge in [0.05, 0.1) is 11.9 Å². The van der Waals surface area contributed by atoms with Gasteiger partial charge in [0, 0.05) is 5.92 Å². The molecule has 1 N–H and O–H groups in total. The molecule has 0 unspecified atom stereocenters. The molecule has 2 aromatic rings. The lowest BCUT2D eigenvalue weighted by Gasteiger charge is -1.98. The highest BCUT2D eigenvalue weighted by molar-refractivity contribution is 5.76. The summed E-state index contributed by atoms with van der Waals surface area (Å²) in [7, 11) is 0. The number of anilines is 1. The average molecular weight is 258 g/mol. The lowest BCUT2D eigenvalue weighted by Crippen LogP contribution is -1.89. The highest BCUT2D eigenvalue weighted by atomic mass is 19.1. The number of halogens is 1. The van der Waals surface area contributed by atoms with Crippen LogP contribution in [0.3, 0.4) is 0 Å². The number of rotatable bonds is 4. The minimum Gasteiger partial charge on any atom is -0.460 e. The van der Waals surface area contributed by atoms with Gasteiger partial charge in [-0.2, -0.15) is 5.10 Å². The van der Waals surface area contributed by atoms with Crippen LogP contribution in [0.1, 0.15) is 30.8 Å². The van der Waals surface area contributed by atoms with Gasteiger partial charge in [-0.25, -0.2) is 4.39 Å². The quantitative estimate of drug-likeness (QED) is 0.665. The number of hydrogen-bond acceptors (Lipinski definition) is 3. The van der Waals surface area contributed by atoms with E-state index in [-0.39, 0.29) is 5.82 Å². The fraction of sp³-hybridized carbons (Fsp3) is 0.267. The third-order valence-corrected chi connectivity index (χ3v) is 3.35. The molecule has 1 aromatic heterocycles. The van der Waals surface area contributed by atoms with E-state index in [1.807, 2.05) is 12.1 Å². The Kier molecular flexibility index (Phi) is 3.07. The molecule has 1 aromatic carbocycles. The Morgan fingerprint density at radius 3 is 2.68 bits per heavy atom. The van der Waals surface area contributed by atoms with Gasteiger partial charge in [0.25, 0.3) is 0 Å². The van der Waals surface area contributed by atoms with E-state index >= 15 is 0 Å². The molecule has 4 heteroatoms. The molecule has 0 radical (unpaired) electrons. The molecular weight excluding hydrogens is 243 g/mol. The van der Waals surface area contributed by atoms with Gasteiger partial charge < -0.3 is 4.42 Å². The van der Waals surface area contributed by atoms with Crippen LogP contribution in [0.4, 0.5) is 10.1 Å². The number of hydrogen-bond donors (Lipinski definition) is 1. The molecule has 1 aliphatic carbocycles. The van der Waals surface area contributed by atoms with E-state index in [0.717, 1.165) is 23.1 Å². The van der Waals surface area contributed by atoms with Crippen molar-refractivity contribution in [1.29, 1.82) is 0 Å². The van der Waals surface area contributed by atoms with E-state index in [4.69, 9.17) is 4.42 Å². The number of nitrogens with one attached hydrogen (secondary N) is 1. The fourth-order valence-corrected chi connectivity index (χ4v) is 2.05. The van der Waals surface area contributed by atoms with Crippen molar-refractivity contribution in [2.75, 3.05) is 5.43 Å². The molecule has 0 bridgehead atoms. The Hall–Kier alpha value is -2.10. The lowest BCUT2D eigenvalue weighted by molar-refractivity contribution is 0.500. The molecule has 98 valence electrons. The van der Waals surface area contributed by atoms with Gasteiger partial charge in [-0.05, 0) is 48.7 Å². The summed E-state index contributed by atoms with van der Waals surface area (Å²) in [6.07, 6.45) is 2.83. The summed E-state index contributed by atoms with van der Waals surface area (Å²) in [5.41, 5.74) is 3.56. The normalized spacial score (nSPS) is 21.8. The van der Waals surface area contributed by atoms with E-state index in [0.29, 0.717) is 5.92 Å². The minimum atomic E-state index is -0.260. The Morgan fingerprint density at radius 2 is 2.00 bits per heavy atom. The standard InChI is InChI=1S/C15H15FN2O/c1-10-8-14(10)15-7-6-13(19-15)9-17-18-12-4-2-11(16)3-5-12/h2-7,9-10,14,18H,8H2,1H3/b17-9-/t10-,14+/m0/s1. The summed E-state index contributed by atoms with van der Waals surface area (Å²) in [6.45, 7) is 2.22. The third-order valence-electron chi connectivity index (χ3n) is 3.35. The maximum atomic E-state index is 12.7. The van der Waals surface area contributed by atoms with Crippen LogP contribution < -0.4 is 5.43 Å². The zero-order valence-corrected chi connectivity index (χ0v) is 10.6. The first-order valence-corrected chi connectivity index (χ1v) is 6.37. The fourth-order valence-electron chi connectivity index (χ4n) is 2.05. The van der Waals surface area contributed by atoms with Crippen molar-refractivity contribution in [3.8, 4) is 0 Å². The summed E-state index contributed by atoms with van der Waals surface area (Å²) in [5.74, 6) is 2.81. The summed E-state index contributed by atoms with van der Waals surface area (Å²) in [6, 6.07) is 9.95. The summed E-state index contributed by atoms with van der Waals surface area (Å²) >= 11 is 0. The zero-order valence-electron chi connectivity index (χ0n) is 10.6. The minimum absolute atomic E-state index is 0.260. The van der Waals surface area contributed by atoms with E-state index in [1.165, 1.54) is 18.6 Å². The van der Waals surface area contributed by atoms with Gasteiger partial charge in [0.15, 0.2) is 0 Å². The van der Waals surface area contributed by atoms with Crippen molar-refractivity contribution in [2.45, 2.75) is 19.3 Å². The van der Waals surface area contributed by atoms with Crippen molar-refractivity contribution in [3.63, 3.8) is 0 Å². The van der Waals surface area contributed by atoms with Crippen LogP contribution in [-0.4, -0.2) is 6.21 Å². The van der Waals surface area contributed by atoms with E-state index in [9.17, 15) is 4.39 Å². The zero-order chi connectivity index (χ0) is 13.2. The van der Waals surface area contributed by atoms with Crippen molar-refractivity contribution < 1.29 is 8.81 Å². The molecule has 1 heterocycles. The molecule has 0 spiro atoms. The van der Waals surface area contributed by atoms with Crippen LogP contribution in [0.25, 0.3) is 0 Å². The second-order valence-corrected chi connectivity index (χ2v) is 4.94. The molecule has 3 rings (SSSR count). The van der Waals surface area contributed by atoms with Crippen molar-refractivity contribution in [2.24, 2.45) is 11.0 Å². The maximum Gasteiger partial charge on any atom is 0.147 e. The van der Waals surface area contributed by atoms with Gasteiger partial charge in [0.2, 0.25) is 0 Å². The first kappa shape index (κ1) is 12.0. The molecule has 0 saturated heterocycles. The van der Waals surface area contributed by atoms with E-state index in [1.54, 1.807) is 18.3 Å². The Balaban J connectivity index is 1.60. The molecule has 1 aliphatic rings. The Morgan fingerprint density at radius 1 is 1.26 bits per heavy atom. The molecular formula is C15H15FN2O. The number of furan rings is 1. The molecule has 3 nitrogen and oxygen atoms in total. The predicted octanol–water partition coefficient (Wildman–Crippen LogP) is 3.99. The highest BCUT2D eigenvalue weighted by Gasteiger charge is 2.36. The van der Waals surface area contributed by atoms with Gasteiger partial charge in [-0.1, -0.05) is 6.92 Å². The van der Waals surface area contributed by atoms with Crippen LogP contribution in [0.5, 0.6) is 0 Å². The van der Waals surface area contributed by atoms with E-state index in [2.05, 4.69) is 17.5 Å². The summed E-state index contributed by atoms with van der Waals surface area (Å²) in [4.78, 5) is 0. The van der Waals surface area contributed by atoms with E-state index < -0.39 is 0 Å². The summed E-state index contributed by atoms with van der Waals surface area (Å²) in [5, 5.41) is 4.06. The monoisotopic (exact) mass is 258 g/mol. The second kappa shape index (κ2) is 4.88. The van der Waals surface area contributed by atoms with Gasteiger partial charge in [-0.15, -0.1) is 0 Å². The van der Waals surface area contributed by atoms with Crippen LogP contribution in [0.15, 0.2) is 45.9 Å². The number of benzene rings is 1. The lowest BCUT2D eigenvalue weighted by atomic mass is 10.3. The molecule has 2 atom stereocenters. The Bertz CT molecular complexity index is 588. The molecule has 0 amide bonds. The molecule has 19 heavy (non-hydrogen) atoms. The predicted molar refractivity (Wildman–Crippen MR) is 72.8 cm³/mol. The third kappa shape index (κ3) is 2.84. The average Bonchev–Trinajstić information content (AvgIpc) is 2.96. The highest BCUT2D eigenvalue weighted by Crippen LogP contribution is 2.47. The number of hydrazone groups is 1. The van der Waals surface area contributed by atoms with Crippen LogP contribution in [0, 0.1) is 11.7 Å². The van der Waals surface area contributed by atoms with Crippen molar-refractivity contribution in [3.05, 3.63) is 53.7 Å². The Labute approximate surface area is 111 Å². The van der Waals surface area contributed by atoms with Crippen molar-refractivity contribution in [1.82, 2.24) is 0 Å². The first-order valence-electron chi connectivity index (χ1n) is 6.37. The molecule has 0 aliphatic heterocycles. The van der Waals surface area contributed by atoms with Gasteiger partial charge in [-0.3, -0.25) is 5.43 Å². The van der Waals surface area contributed by atoms with Gasteiger partial charge in [0.1, 0.15) is 17.3 Å². The summed E-state index contributed by atoms with van der Waals surface area (Å²) < 4.78 is 18.4. The largest absolute Gasteiger partial charge is 0.460 e. The topological polar surface area (TPSA) is 37.5 Å². The SMILES string of the molecule is C[C@H]1C[C@H]1c1ccc(/C=N\Nc2ccc(F)cc2)o1. The molecule has 1 saturated carbocycles. The van der Waals surface area contributed by atoms with Crippen LogP contribution in [-0.2, 0) is 0 Å². The van der Waals surface area contributed by atoms with Gasteiger partial charge >= 0.3 is 0 Å². The van der Waals surface area contributed by atoms with Crippen molar-refractivity contribution >= 4 is 11.9 Å². The van der Waals surface area contributed by atoms with Crippen LogP contribution in [0.2, 0.25) is 0 Å². The smallest absolute Gasteiger partial charge is 0.147 e. The second-order valence-electron chi connectivity index (χ2n) is 4.94. The van der Waals surface area contributed by atoms with Crippen LogP contribution >= 0.6 is 0 Å². The molecule has 1 fully saturated rings. The number of nitrogens with zero attached hydrogens (tertiary/aromatic N) is 1.